The smallest absolute Gasteiger partial charge is 0.205 e. The van der Waals surface area contributed by atoms with Gasteiger partial charge in [-0.15, -0.1) is 11.3 Å². The zero-order chi connectivity index (χ0) is 32.0. The van der Waals surface area contributed by atoms with Crippen molar-refractivity contribution in [3.63, 3.8) is 0 Å². The molecule has 1 aliphatic rings. The zero-order valence-corrected chi connectivity index (χ0v) is 27.5. The minimum Gasteiger partial charge on any atom is -0.366 e. The van der Waals surface area contributed by atoms with Crippen molar-refractivity contribution in [2.24, 2.45) is 0 Å². The second kappa shape index (κ2) is 13.7. The van der Waals surface area contributed by atoms with Crippen molar-refractivity contribution in [3.05, 3.63) is 161 Å². The topological polar surface area (TPSA) is 33.3 Å². The molecule has 1 heterocycles. The van der Waals surface area contributed by atoms with Crippen LogP contribution in [0.5, 0.6) is 0 Å². The van der Waals surface area contributed by atoms with Gasteiger partial charge in [0, 0.05) is 72.3 Å². The third kappa shape index (κ3) is 6.08. The molecule has 0 bridgehead atoms. The van der Waals surface area contributed by atoms with Crippen molar-refractivity contribution in [1.29, 1.82) is 5.26 Å². The summed E-state index contributed by atoms with van der Waals surface area (Å²) in [6, 6.07) is 42.5. The van der Waals surface area contributed by atoms with Crippen LogP contribution in [-0.2, 0) is 0 Å². The van der Waals surface area contributed by atoms with Gasteiger partial charge in [0.25, 0.3) is 0 Å². The van der Waals surface area contributed by atoms with E-state index >= 15 is 0 Å². The molecule has 5 aromatic rings. The molecule has 1 aromatic heterocycles. The van der Waals surface area contributed by atoms with Gasteiger partial charge >= 0.3 is 0 Å². The molecule has 0 saturated carbocycles. The number of hydrogen-bond donors (Lipinski definition) is 0. The Hall–Kier alpha value is -5.44. The lowest BCUT2D eigenvalue weighted by Gasteiger charge is -2.20. The van der Waals surface area contributed by atoms with E-state index in [0.717, 1.165) is 67.0 Å². The van der Waals surface area contributed by atoms with Crippen LogP contribution >= 0.6 is 11.3 Å². The van der Waals surface area contributed by atoms with Gasteiger partial charge in [0.05, 0.1) is 5.56 Å². The molecule has 0 radical (unpaired) electrons. The van der Waals surface area contributed by atoms with E-state index in [0.29, 0.717) is 5.56 Å². The van der Waals surface area contributed by atoms with Crippen LogP contribution in [0.3, 0.4) is 0 Å². The first-order valence-electron chi connectivity index (χ1n) is 15.5. The summed E-state index contributed by atoms with van der Waals surface area (Å²) in [6.45, 7) is 2.93. The van der Waals surface area contributed by atoms with E-state index in [4.69, 9.17) is 0 Å². The molecule has 0 amide bonds. The number of benzene rings is 4. The summed E-state index contributed by atoms with van der Waals surface area (Å²) >= 11 is 1.70. The summed E-state index contributed by atoms with van der Waals surface area (Å²) in [5, 5.41) is 11.5. The highest BCUT2D eigenvalue weighted by molar-refractivity contribution is 7.18. The monoisotopic (exact) mass is 617 g/mol. The fraction of sp³-hybridized carbons (Fsp3) is 0.122. The molecule has 0 aliphatic heterocycles. The molecule has 0 fully saturated rings. The van der Waals surface area contributed by atoms with Crippen molar-refractivity contribution >= 4 is 44.7 Å². The molecule has 0 atom stereocenters. The van der Waals surface area contributed by atoms with Gasteiger partial charge in [0.1, 0.15) is 18.1 Å². The number of thiophene rings is 1. The number of nitrogens with zero attached hydrogens (tertiary/aromatic N) is 4. The van der Waals surface area contributed by atoms with Crippen molar-refractivity contribution in [2.45, 2.75) is 6.92 Å². The van der Waals surface area contributed by atoms with Gasteiger partial charge in [-0.05, 0) is 60.0 Å². The number of anilines is 3. The van der Waals surface area contributed by atoms with Crippen molar-refractivity contribution in [1.82, 2.24) is 0 Å². The van der Waals surface area contributed by atoms with Crippen LogP contribution in [0, 0.1) is 11.3 Å². The number of nitriles is 1. The number of allylic oxidation sites excluding steroid dienone is 5. The zero-order valence-electron chi connectivity index (χ0n) is 26.7. The van der Waals surface area contributed by atoms with Crippen molar-refractivity contribution in [3.8, 4) is 17.2 Å². The van der Waals surface area contributed by atoms with E-state index in [1.54, 1.807) is 11.3 Å². The Labute approximate surface area is 276 Å². The quantitative estimate of drug-likeness (QED) is 0.163. The van der Waals surface area contributed by atoms with E-state index in [1.165, 1.54) is 0 Å². The highest BCUT2D eigenvalue weighted by Crippen LogP contribution is 2.48. The highest BCUT2D eigenvalue weighted by Gasteiger charge is 2.26. The largest absolute Gasteiger partial charge is 0.366 e. The Balaban J connectivity index is 1.55. The average molecular weight is 618 g/mol. The first kappa shape index (κ1) is 30.6. The molecule has 0 saturated heterocycles. The van der Waals surface area contributed by atoms with Crippen LogP contribution in [0.1, 0.15) is 22.9 Å². The lowest BCUT2D eigenvalue weighted by molar-refractivity contribution is -0.403. The van der Waals surface area contributed by atoms with E-state index in [2.05, 4.69) is 158 Å². The molecule has 6 rings (SSSR count). The van der Waals surface area contributed by atoms with Crippen molar-refractivity contribution in [2.75, 3.05) is 37.5 Å². The fourth-order valence-electron chi connectivity index (χ4n) is 5.73. The van der Waals surface area contributed by atoms with E-state index in [9.17, 15) is 5.26 Å². The standard InChI is InChI=1S/C41H37N4S/c1-5-43(2)41-37(29-42)39(30-15-9-6-10-16-30)40(46-41)38(31-21-25-35(26-22-31)44(3)33-17-11-7-12-18-33)32-23-27-36(28-24-32)45(4)34-19-13-8-14-20-34/h6-28H,5H2,1-4H3/q+1. The number of hydrogen-bond acceptors (Lipinski definition) is 4. The molecular formula is C41H37N4S+. The molecule has 0 spiro atoms. The van der Waals surface area contributed by atoms with E-state index in [1.807, 2.05) is 30.3 Å². The van der Waals surface area contributed by atoms with Crippen LogP contribution in [0.15, 0.2) is 145 Å². The predicted molar refractivity (Wildman–Crippen MR) is 196 cm³/mol. The maximum atomic E-state index is 10.6. The maximum Gasteiger partial charge on any atom is 0.205 e. The lowest BCUT2D eigenvalue weighted by Crippen LogP contribution is -2.15. The van der Waals surface area contributed by atoms with Crippen LogP contribution in [-0.4, -0.2) is 38.0 Å². The van der Waals surface area contributed by atoms with Crippen molar-refractivity contribution < 1.29 is 4.58 Å². The van der Waals surface area contributed by atoms with E-state index < -0.39 is 0 Å². The van der Waals surface area contributed by atoms with Gasteiger partial charge in [-0.3, -0.25) is 0 Å². The summed E-state index contributed by atoms with van der Waals surface area (Å²) in [6.07, 6.45) is 8.77. The van der Waals surface area contributed by atoms with Gasteiger partial charge in [-0.25, -0.2) is 0 Å². The molecule has 4 nitrogen and oxygen atoms in total. The second-order valence-corrected chi connectivity index (χ2v) is 12.2. The van der Waals surface area contributed by atoms with Gasteiger partial charge < -0.3 is 9.80 Å². The van der Waals surface area contributed by atoms with Gasteiger partial charge in [0.2, 0.25) is 11.4 Å². The van der Waals surface area contributed by atoms with Crippen LogP contribution < -0.4 is 9.80 Å². The summed E-state index contributed by atoms with van der Waals surface area (Å²) in [7, 11) is 6.25. The molecule has 4 aromatic carbocycles. The summed E-state index contributed by atoms with van der Waals surface area (Å²) in [5.74, 6) is 0. The molecule has 0 N–H and O–H groups in total. The molecule has 1 aliphatic carbocycles. The molecule has 0 unspecified atom stereocenters. The summed E-state index contributed by atoms with van der Waals surface area (Å²) in [4.78, 5) is 5.46. The first-order chi connectivity index (χ1) is 22.5. The van der Waals surface area contributed by atoms with Crippen LogP contribution in [0.4, 0.5) is 22.1 Å². The minimum absolute atomic E-state index is 0.717. The Morgan fingerprint density at radius 2 is 1.30 bits per heavy atom. The highest BCUT2D eigenvalue weighted by atomic mass is 32.1. The second-order valence-electron chi connectivity index (χ2n) is 11.2. The number of para-hydroxylation sites is 2. The normalized spacial score (nSPS) is 12.2. The summed E-state index contributed by atoms with van der Waals surface area (Å²) < 4.78 is 2.19. The number of rotatable bonds is 8. The van der Waals surface area contributed by atoms with Gasteiger partial charge in [-0.2, -0.15) is 9.84 Å². The van der Waals surface area contributed by atoms with Crippen LogP contribution in [0.2, 0.25) is 0 Å². The Morgan fingerprint density at radius 1 is 0.739 bits per heavy atom. The van der Waals surface area contributed by atoms with Gasteiger partial charge in [-0.1, -0.05) is 78.9 Å². The van der Waals surface area contributed by atoms with Gasteiger partial charge in [0.15, 0.2) is 0 Å². The summed E-state index contributed by atoms with van der Waals surface area (Å²) in [5.41, 5.74) is 10.5. The Bertz CT molecular complexity index is 1970. The lowest BCUT2D eigenvalue weighted by atomic mass is 9.90. The SMILES string of the molecule is CCN(C)c1sc(C(=C2C=CC(=[N+](C)c3ccccc3)C=C2)c2ccc(N(C)c3ccccc3)cc2)c(-c2ccccc2)c1C#N. The molecule has 226 valence electrons. The molecule has 46 heavy (non-hydrogen) atoms. The molecule has 5 heteroatoms. The molecular weight excluding hydrogens is 581 g/mol. The minimum atomic E-state index is 0.717. The fourth-order valence-corrected chi connectivity index (χ4v) is 7.11. The third-order valence-corrected chi connectivity index (χ3v) is 9.81. The third-order valence-electron chi connectivity index (χ3n) is 8.49. The van der Waals surface area contributed by atoms with Crippen LogP contribution in [0.25, 0.3) is 16.7 Å². The average Bonchev–Trinajstić information content (AvgIpc) is 3.51. The maximum absolute atomic E-state index is 10.6. The predicted octanol–water partition coefficient (Wildman–Crippen LogP) is 9.85. The first-order valence-corrected chi connectivity index (χ1v) is 16.3. The Kier molecular flexibility index (Phi) is 9.10. The Morgan fingerprint density at radius 3 is 1.89 bits per heavy atom. The van der Waals surface area contributed by atoms with E-state index in [-0.39, 0.29) is 0 Å².